The predicted molar refractivity (Wildman–Crippen MR) is 71.4 cm³/mol. The maximum Gasteiger partial charge on any atom is 0.279 e. The van der Waals surface area contributed by atoms with Gasteiger partial charge in [0.05, 0.1) is 21.6 Å². The third-order valence-corrected chi connectivity index (χ3v) is 2.96. The largest absolute Gasteiger partial charge is 0.279 e. The number of halogens is 2. The fraction of sp³-hybridized carbons (Fsp3) is 0.250. The van der Waals surface area contributed by atoms with Gasteiger partial charge in [-0.3, -0.25) is 10.1 Å². The third-order valence-electron chi connectivity index (χ3n) is 2.29. The number of hydrogen-bond acceptors (Lipinski definition) is 3. The zero-order valence-electron chi connectivity index (χ0n) is 9.61. The highest BCUT2D eigenvalue weighted by Gasteiger charge is 2.19. The van der Waals surface area contributed by atoms with Crippen LogP contribution in [0.4, 0.5) is 5.69 Å². The lowest BCUT2D eigenvalue weighted by atomic mass is 10.1. The van der Waals surface area contributed by atoms with Crippen LogP contribution >= 0.6 is 23.2 Å². The number of nitro groups is 1. The molecule has 0 saturated carbocycles. The summed E-state index contributed by atoms with van der Waals surface area (Å²) in [6, 6.07) is 6.16. The van der Waals surface area contributed by atoms with Crippen molar-refractivity contribution in [3.63, 3.8) is 0 Å². The maximum absolute atomic E-state index is 10.9. The van der Waals surface area contributed by atoms with Crippen LogP contribution in [-0.4, -0.2) is 4.92 Å². The van der Waals surface area contributed by atoms with Gasteiger partial charge in [-0.1, -0.05) is 36.5 Å². The predicted octanol–water partition coefficient (Wildman–Crippen LogP) is 4.52. The Labute approximate surface area is 115 Å². The number of benzene rings is 1. The first-order chi connectivity index (χ1) is 8.51. The number of nitrogens with zero attached hydrogens (tertiary/aromatic N) is 2. The van der Waals surface area contributed by atoms with E-state index in [-0.39, 0.29) is 21.3 Å². The summed E-state index contributed by atoms with van der Waals surface area (Å²) in [5, 5.41) is 20.3. The van der Waals surface area contributed by atoms with Crippen LogP contribution in [-0.2, 0) is 0 Å². The first-order valence-electron chi connectivity index (χ1n) is 5.24. The molecule has 0 unspecified atom stereocenters. The molecule has 94 valence electrons. The molecule has 0 atom stereocenters. The summed E-state index contributed by atoms with van der Waals surface area (Å²) < 4.78 is 0. The third kappa shape index (κ3) is 3.22. The summed E-state index contributed by atoms with van der Waals surface area (Å²) in [6.45, 7) is 1.90. The van der Waals surface area contributed by atoms with Crippen LogP contribution in [0, 0.1) is 21.4 Å². The molecule has 0 bridgehead atoms. The van der Waals surface area contributed by atoms with Crippen LogP contribution < -0.4 is 0 Å². The first kappa shape index (κ1) is 14.5. The number of rotatable bonds is 4. The molecule has 1 aromatic carbocycles. The van der Waals surface area contributed by atoms with Gasteiger partial charge in [0.25, 0.3) is 5.69 Å². The number of nitro benzene ring substituents is 1. The number of hydrogen-bond donors (Lipinski definition) is 0. The lowest BCUT2D eigenvalue weighted by molar-refractivity contribution is -0.385. The topological polar surface area (TPSA) is 66.9 Å². The Morgan fingerprint density at radius 2 is 2.22 bits per heavy atom. The highest BCUT2D eigenvalue weighted by Crippen LogP contribution is 2.34. The van der Waals surface area contributed by atoms with Crippen LogP contribution in [0.3, 0.4) is 0 Å². The molecule has 0 N–H and O–H groups in total. The van der Waals surface area contributed by atoms with Gasteiger partial charge < -0.3 is 0 Å². The van der Waals surface area contributed by atoms with Crippen LogP contribution in [0.2, 0.25) is 5.02 Å². The van der Waals surface area contributed by atoms with Crippen molar-refractivity contribution in [1.29, 1.82) is 5.26 Å². The summed E-state index contributed by atoms with van der Waals surface area (Å²) in [7, 11) is 0. The van der Waals surface area contributed by atoms with Crippen molar-refractivity contribution in [1.82, 2.24) is 0 Å². The van der Waals surface area contributed by atoms with Crippen LogP contribution in [0.5, 0.6) is 0 Å². The minimum atomic E-state index is -0.565. The van der Waals surface area contributed by atoms with Gasteiger partial charge in [-0.05, 0) is 18.6 Å². The normalized spacial score (nSPS) is 11.7. The fourth-order valence-electron chi connectivity index (χ4n) is 1.47. The Morgan fingerprint density at radius 1 is 1.56 bits per heavy atom. The standard InChI is InChI=1S/C12H10Cl2N2O2/c1-2-3-8(7-15)12(14)10-5-4-9(13)6-11(10)16(17)18/h4-6H,2-3H2,1H3. The van der Waals surface area contributed by atoms with E-state index >= 15 is 0 Å². The summed E-state index contributed by atoms with van der Waals surface area (Å²) in [4.78, 5) is 10.4. The molecule has 0 heterocycles. The summed E-state index contributed by atoms with van der Waals surface area (Å²) in [6.07, 6.45) is 1.22. The zero-order chi connectivity index (χ0) is 13.7. The molecule has 0 aliphatic carbocycles. The summed E-state index contributed by atoms with van der Waals surface area (Å²) >= 11 is 11.8. The zero-order valence-corrected chi connectivity index (χ0v) is 11.1. The van der Waals surface area contributed by atoms with Gasteiger partial charge in [0, 0.05) is 16.7 Å². The van der Waals surface area contributed by atoms with Crippen LogP contribution in [0.25, 0.3) is 5.03 Å². The molecular weight excluding hydrogens is 275 g/mol. The second kappa shape index (κ2) is 6.39. The lowest BCUT2D eigenvalue weighted by Crippen LogP contribution is -1.95. The molecule has 4 nitrogen and oxygen atoms in total. The Hall–Kier alpha value is -1.57. The average Bonchev–Trinajstić information content (AvgIpc) is 2.35. The van der Waals surface area contributed by atoms with E-state index in [0.29, 0.717) is 12.0 Å². The molecule has 0 aromatic heterocycles. The van der Waals surface area contributed by atoms with Crippen molar-refractivity contribution >= 4 is 33.9 Å². The van der Waals surface area contributed by atoms with E-state index in [9.17, 15) is 10.1 Å². The Balaban J connectivity index is 3.41. The van der Waals surface area contributed by atoms with Gasteiger partial charge in [-0.25, -0.2) is 0 Å². The van der Waals surface area contributed by atoms with Crippen molar-refractivity contribution in [2.75, 3.05) is 0 Å². The van der Waals surface area contributed by atoms with Gasteiger partial charge in [-0.15, -0.1) is 0 Å². The molecule has 0 spiro atoms. The van der Waals surface area contributed by atoms with E-state index in [0.717, 1.165) is 6.42 Å². The Morgan fingerprint density at radius 3 is 2.72 bits per heavy atom. The Bertz CT molecular complexity index is 547. The van der Waals surface area contributed by atoms with Gasteiger partial charge in [0.2, 0.25) is 0 Å². The molecule has 1 rings (SSSR count). The SMILES string of the molecule is CCCC(C#N)=C(Cl)c1ccc(Cl)cc1[N+](=O)[O-]. The quantitative estimate of drug-likeness (QED) is 0.464. The van der Waals surface area contributed by atoms with E-state index in [1.165, 1.54) is 18.2 Å². The fourth-order valence-corrected chi connectivity index (χ4v) is 1.93. The van der Waals surface area contributed by atoms with E-state index < -0.39 is 4.92 Å². The van der Waals surface area contributed by atoms with Crippen molar-refractivity contribution in [2.24, 2.45) is 0 Å². The van der Waals surface area contributed by atoms with Crippen molar-refractivity contribution in [3.05, 3.63) is 44.5 Å². The minimum Gasteiger partial charge on any atom is -0.258 e. The number of allylic oxidation sites excluding steroid dienone is 1. The molecule has 0 radical (unpaired) electrons. The highest BCUT2D eigenvalue weighted by molar-refractivity contribution is 6.50. The first-order valence-corrected chi connectivity index (χ1v) is 5.99. The second-order valence-corrected chi connectivity index (χ2v) is 4.39. The molecule has 0 aliphatic rings. The highest BCUT2D eigenvalue weighted by atomic mass is 35.5. The molecule has 0 amide bonds. The second-order valence-electron chi connectivity index (χ2n) is 3.57. The van der Waals surface area contributed by atoms with Gasteiger partial charge >= 0.3 is 0 Å². The van der Waals surface area contributed by atoms with E-state index in [4.69, 9.17) is 28.5 Å². The molecule has 18 heavy (non-hydrogen) atoms. The lowest BCUT2D eigenvalue weighted by Gasteiger charge is -2.04. The molecular formula is C12H10Cl2N2O2. The van der Waals surface area contributed by atoms with Crippen LogP contribution in [0.1, 0.15) is 25.3 Å². The molecule has 1 aromatic rings. The van der Waals surface area contributed by atoms with Gasteiger partial charge in [0.15, 0.2) is 0 Å². The average molecular weight is 285 g/mol. The van der Waals surface area contributed by atoms with E-state index in [1.54, 1.807) is 0 Å². The molecule has 0 aliphatic heterocycles. The van der Waals surface area contributed by atoms with Crippen LogP contribution in [0.15, 0.2) is 23.8 Å². The van der Waals surface area contributed by atoms with E-state index in [2.05, 4.69) is 0 Å². The van der Waals surface area contributed by atoms with Crippen molar-refractivity contribution in [2.45, 2.75) is 19.8 Å². The molecule has 6 heteroatoms. The van der Waals surface area contributed by atoms with Gasteiger partial charge in [0.1, 0.15) is 0 Å². The minimum absolute atomic E-state index is 0.114. The summed E-state index contributed by atoms with van der Waals surface area (Å²) in [5.41, 5.74) is 0.358. The van der Waals surface area contributed by atoms with Crippen molar-refractivity contribution in [3.8, 4) is 6.07 Å². The molecule has 0 fully saturated rings. The van der Waals surface area contributed by atoms with Crippen molar-refractivity contribution < 1.29 is 4.92 Å². The smallest absolute Gasteiger partial charge is 0.258 e. The summed E-state index contributed by atoms with van der Waals surface area (Å²) in [5.74, 6) is 0. The molecule has 0 saturated heterocycles. The Kier molecular flexibility index (Phi) is 5.14. The number of nitriles is 1. The maximum atomic E-state index is 10.9. The van der Waals surface area contributed by atoms with E-state index in [1.807, 2.05) is 13.0 Å². The van der Waals surface area contributed by atoms with Gasteiger partial charge in [-0.2, -0.15) is 5.26 Å². The monoisotopic (exact) mass is 284 g/mol.